The van der Waals surface area contributed by atoms with Gasteiger partial charge in [-0.25, -0.2) is 0 Å². The van der Waals surface area contributed by atoms with Crippen LogP contribution in [0.2, 0.25) is 0 Å². The van der Waals surface area contributed by atoms with Crippen LogP contribution in [-0.4, -0.2) is 35.2 Å². The SMILES string of the molecule is CC1(O)CN(CC2(C)CCCC2)C1. The highest BCUT2D eigenvalue weighted by Gasteiger charge is 2.40. The van der Waals surface area contributed by atoms with Gasteiger partial charge in [0.25, 0.3) is 0 Å². The average molecular weight is 183 g/mol. The summed E-state index contributed by atoms with van der Waals surface area (Å²) < 4.78 is 0. The molecule has 1 saturated heterocycles. The van der Waals surface area contributed by atoms with Gasteiger partial charge >= 0.3 is 0 Å². The Morgan fingerprint density at radius 3 is 2.15 bits per heavy atom. The zero-order chi connectivity index (χ0) is 9.53. The van der Waals surface area contributed by atoms with Crippen LogP contribution in [0.1, 0.15) is 39.5 Å². The highest BCUT2D eigenvalue weighted by molar-refractivity contribution is 4.95. The molecule has 0 bridgehead atoms. The molecule has 0 radical (unpaired) electrons. The van der Waals surface area contributed by atoms with Crippen LogP contribution in [0.5, 0.6) is 0 Å². The van der Waals surface area contributed by atoms with E-state index in [1.807, 2.05) is 6.92 Å². The maximum atomic E-state index is 9.60. The lowest BCUT2D eigenvalue weighted by Gasteiger charge is -2.47. The second kappa shape index (κ2) is 2.96. The van der Waals surface area contributed by atoms with Gasteiger partial charge < -0.3 is 5.11 Å². The van der Waals surface area contributed by atoms with Crippen LogP contribution in [0.3, 0.4) is 0 Å². The molecule has 0 atom stereocenters. The fourth-order valence-corrected chi connectivity index (χ4v) is 2.96. The molecule has 1 N–H and O–H groups in total. The average Bonchev–Trinajstić information content (AvgIpc) is 2.32. The first-order valence-corrected chi connectivity index (χ1v) is 5.44. The van der Waals surface area contributed by atoms with Gasteiger partial charge in [-0.1, -0.05) is 19.8 Å². The highest BCUT2D eigenvalue weighted by Crippen LogP contribution is 2.39. The number of rotatable bonds is 2. The molecule has 0 unspecified atom stereocenters. The van der Waals surface area contributed by atoms with Crippen molar-refractivity contribution < 1.29 is 5.11 Å². The van der Waals surface area contributed by atoms with E-state index >= 15 is 0 Å². The number of nitrogens with zero attached hydrogens (tertiary/aromatic N) is 1. The van der Waals surface area contributed by atoms with Gasteiger partial charge in [0.05, 0.1) is 5.60 Å². The minimum absolute atomic E-state index is 0.394. The lowest BCUT2D eigenvalue weighted by Crippen LogP contribution is -2.61. The molecule has 0 aromatic heterocycles. The lowest BCUT2D eigenvalue weighted by atomic mass is 9.85. The number of hydrogen-bond donors (Lipinski definition) is 1. The van der Waals surface area contributed by atoms with Crippen LogP contribution in [0.4, 0.5) is 0 Å². The van der Waals surface area contributed by atoms with Gasteiger partial charge in [0.15, 0.2) is 0 Å². The van der Waals surface area contributed by atoms with Gasteiger partial charge in [0.2, 0.25) is 0 Å². The van der Waals surface area contributed by atoms with Crippen LogP contribution in [0.15, 0.2) is 0 Å². The van der Waals surface area contributed by atoms with Crippen molar-refractivity contribution in [3.63, 3.8) is 0 Å². The molecule has 1 heterocycles. The fourth-order valence-electron chi connectivity index (χ4n) is 2.96. The quantitative estimate of drug-likeness (QED) is 0.703. The Kier molecular flexibility index (Phi) is 2.16. The monoisotopic (exact) mass is 183 g/mol. The summed E-state index contributed by atoms with van der Waals surface area (Å²) >= 11 is 0. The minimum atomic E-state index is -0.394. The van der Waals surface area contributed by atoms with Crippen molar-refractivity contribution in [3.8, 4) is 0 Å². The van der Waals surface area contributed by atoms with Gasteiger partial charge in [0.1, 0.15) is 0 Å². The van der Waals surface area contributed by atoms with Gasteiger partial charge in [-0.2, -0.15) is 0 Å². The Morgan fingerprint density at radius 2 is 1.69 bits per heavy atom. The summed E-state index contributed by atoms with van der Waals surface area (Å²) in [4.78, 5) is 2.39. The van der Waals surface area contributed by atoms with Crippen molar-refractivity contribution >= 4 is 0 Å². The Morgan fingerprint density at radius 1 is 1.15 bits per heavy atom. The Bertz CT molecular complexity index is 186. The zero-order valence-corrected chi connectivity index (χ0v) is 8.84. The van der Waals surface area contributed by atoms with E-state index in [4.69, 9.17) is 0 Å². The first kappa shape index (κ1) is 9.47. The van der Waals surface area contributed by atoms with E-state index in [9.17, 15) is 5.11 Å². The second-order valence-electron chi connectivity index (χ2n) is 5.66. The summed E-state index contributed by atoms with van der Waals surface area (Å²) in [5.74, 6) is 0. The molecule has 76 valence electrons. The van der Waals surface area contributed by atoms with Gasteiger partial charge in [-0.3, -0.25) is 4.90 Å². The molecular weight excluding hydrogens is 162 g/mol. The third-order valence-electron chi connectivity index (χ3n) is 3.54. The molecular formula is C11H21NO. The van der Waals surface area contributed by atoms with Gasteiger partial charge in [0, 0.05) is 19.6 Å². The third-order valence-corrected chi connectivity index (χ3v) is 3.54. The van der Waals surface area contributed by atoms with E-state index in [1.54, 1.807) is 0 Å². The fraction of sp³-hybridized carbons (Fsp3) is 1.00. The second-order valence-corrected chi connectivity index (χ2v) is 5.66. The predicted molar refractivity (Wildman–Crippen MR) is 53.6 cm³/mol. The summed E-state index contributed by atoms with van der Waals surface area (Å²) in [5.41, 5.74) is 0.158. The number of hydrogen-bond acceptors (Lipinski definition) is 2. The molecule has 1 aliphatic carbocycles. The normalized spacial score (nSPS) is 31.6. The first-order chi connectivity index (χ1) is 5.99. The van der Waals surface area contributed by atoms with Gasteiger partial charge in [-0.15, -0.1) is 0 Å². The maximum Gasteiger partial charge on any atom is 0.0872 e. The van der Waals surface area contributed by atoms with Crippen LogP contribution in [0, 0.1) is 5.41 Å². The molecule has 1 aliphatic heterocycles. The molecule has 1 saturated carbocycles. The van der Waals surface area contributed by atoms with Crippen LogP contribution in [-0.2, 0) is 0 Å². The van der Waals surface area contributed by atoms with Crippen molar-refractivity contribution in [1.29, 1.82) is 0 Å². The molecule has 0 aromatic carbocycles. The van der Waals surface area contributed by atoms with E-state index in [1.165, 1.54) is 32.2 Å². The summed E-state index contributed by atoms with van der Waals surface area (Å²) in [5, 5.41) is 9.60. The number of likely N-dealkylation sites (tertiary alicyclic amines) is 1. The summed E-state index contributed by atoms with van der Waals surface area (Å²) in [6.45, 7) is 7.28. The van der Waals surface area contributed by atoms with Crippen LogP contribution < -0.4 is 0 Å². The van der Waals surface area contributed by atoms with Gasteiger partial charge in [-0.05, 0) is 25.2 Å². The molecule has 2 rings (SSSR count). The topological polar surface area (TPSA) is 23.5 Å². The largest absolute Gasteiger partial charge is 0.388 e. The highest BCUT2D eigenvalue weighted by atomic mass is 16.3. The Labute approximate surface area is 80.9 Å². The first-order valence-electron chi connectivity index (χ1n) is 5.44. The smallest absolute Gasteiger partial charge is 0.0872 e. The van der Waals surface area contributed by atoms with Crippen molar-refractivity contribution in [3.05, 3.63) is 0 Å². The van der Waals surface area contributed by atoms with E-state index in [-0.39, 0.29) is 0 Å². The number of aliphatic hydroxyl groups is 1. The molecule has 2 heteroatoms. The minimum Gasteiger partial charge on any atom is -0.388 e. The van der Waals surface area contributed by atoms with E-state index in [0.717, 1.165) is 13.1 Å². The summed E-state index contributed by atoms with van der Waals surface area (Å²) in [6.07, 6.45) is 5.57. The van der Waals surface area contributed by atoms with Crippen molar-refractivity contribution in [2.45, 2.75) is 45.1 Å². The zero-order valence-electron chi connectivity index (χ0n) is 8.84. The summed E-state index contributed by atoms with van der Waals surface area (Å²) in [7, 11) is 0. The summed E-state index contributed by atoms with van der Waals surface area (Å²) in [6, 6.07) is 0. The van der Waals surface area contributed by atoms with E-state index in [0.29, 0.717) is 5.41 Å². The molecule has 2 aliphatic rings. The molecule has 13 heavy (non-hydrogen) atoms. The Hall–Kier alpha value is -0.0800. The molecule has 2 fully saturated rings. The van der Waals surface area contributed by atoms with Crippen molar-refractivity contribution in [1.82, 2.24) is 4.90 Å². The van der Waals surface area contributed by atoms with E-state index in [2.05, 4.69) is 11.8 Å². The lowest BCUT2D eigenvalue weighted by molar-refractivity contribution is -0.0954. The van der Waals surface area contributed by atoms with Crippen molar-refractivity contribution in [2.75, 3.05) is 19.6 Å². The standard InChI is InChI=1S/C11H21NO/c1-10(5-3-4-6-10)7-12-8-11(2,13)9-12/h13H,3-9H2,1-2H3. The van der Waals surface area contributed by atoms with Crippen LogP contribution in [0.25, 0.3) is 0 Å². The third kappa shape index (κ3) is 2.05. The molecule has 0 aromatic rings. The maximum absolute atomic E-state index is 9.60. The number of β-amino-alcohol motifs (C(OH)–C–C–N with tert-alkyl or cyclic N) is 1. The molecule has 0 spiro atoms. The molecule has 2 nitrogen and oxygen atoms in total. The predicted octanol–water partition coefficient (Wildman–Crippen LogP) is 1.63. The van der Waals surface area contributed by atoms with Crippen LogP contribution >= 0.6 is 0 Å². The molecule has 0 amide bonds. The van der Waals surface area contributed by atoms with E-state index < -0.39 is 5.60 Å². The van der Waals surface area contributed by atoms with Crippen molar-refractivity contribution in [2.24, 2.45) is 5.41 Å². The Balaban J connectivity index is 1.79.